The van der Waals surface area contributed by atoms with Gasteiger partial charge in [-0.25, -0.2) is 0 Å². The van der Waals surface area contributed by atoms with Crippen molar-refractivity contribution in [1.29, 1.82) is 0 Å². The lowest BCUT2D eigenvalue weighted by molar-refractivity contribution is -0.116. The average molecular weight is 289 g/mol. The van der Waals surface area contributed by atoms with Crippen LogP contribution in [0, 0.1) is 5.92 Å². The van der Waals surface area contributed by atoms with Crippen LogP contribution in [-0.4, -0.2) is 5.91 Å². The van der Waals surface area contributed by atoms with Crippen molar-refractivity contribution in [2.45, 2.75) is 19.3 Å². The fraction of sp³-hybridized carbons (Fsp3) is 0.364. The Balaban J connectivity index is 2.01. The summed E-state index contributed by atoms with van der Waals surface area (Å²) in [5.74, 6) is 0.647. The maximum Gasteiger partial charge on any atom is 0.224 e. The molecule has 2 nitrogen and oxygen atoms in total. The average Bonchev–Trinajstić information content (AvgIpc) is 2.95. The van der Waals surface area contributed by atoms with Crippen molar-refractivity contribution >= 4 is 39.1 Å². The number of amides is 1. The standard InChI is InChI=1S/C11H11BrClNO/c12-8-3-4-9(13)10(6-8)14-11(15)5-7-1-2-7/h3-4,6-7H,1-2,5H2,(H,14,15). The molecule has 1 fully saturated rings. The van der Waals surface area contributed by atoms with Gasteiger partial charge in [-0.1, -0.05) is 27.5 Å². The smallest absolute Gasteiger partial charge is 0.224 e. The predicted octanol–water partition coefficient (Wildman–Crippen LogP) is 3.84. The van der Waals surface area contributed by atoms with Gasteiger partial charge in [0.25, 0.3) is 0 Å². The lowest BCUT2D eigenvalue weighted by Crippen LogP contribution is -2.12. The number of hydrogen-bond acceptors (Lipinski definition) is 1. The summed E-state index contributed by atoms with van der Waals surface area (Å²) in [5.41, 5.74) is 0.677. The molecule has 0 heterocycles. The zero-order valence-corrected chi connectivity index (χ0v) is 10.4. The molecule has 0 spiro atoms. The van der Waals surface area contributed by atoms with E-state index in [1.54, 1.807) is 6.07 Å². The minimum absolute atomic E-state index is 0.0532. The molecular formula is C11H11BrClNO. The summed E-state index contributed by atoms with van der Waals surface area (Å²) in [6.45, 7) is 0. The van der Waals surface area contributed by atoms with E-state index in [1.807, 2.05) is 12.1 Å². The Morgan fingerprint density at radius 2 is 2.27 bits per heavy atom. The monoisotopic (exact) mass is 287 g/mol. The maximum atomic E-state index is 11.5. The van der Waals surface area contributed by atoms with Crippen molar-refractivity contribution in [1.82, 2.24) is 0 Å². The SMILES string of the molecule is O=C(CC1CC1)Nc1cc(Br)ccc1Cl. The Morgan fingerprint density at radius 3 is 2.93 bits per heavy atom. The predicted molar refractivity (Wildman–Crippen MR) is 65.1 cm³/mol. The highest BCUT2D eigenvalue weighted by Crippen LogP contribution is 2.33. The highest BCUT2D eigenvalue weighted by atomic mass is 79.9. The van der Waals surface area contributed by atoms with Crippen LogP contribution in [0.2, 0.25) is 5.02 Å². The molecule has 0 aliphatic heterocycles. The molecule has 0 radical (unpaired) electrons. The van der Waals surface area contributed by atoms with Gasteiger partial charge < -0.3 is 5.32 Å². The third-order valence-corrected chi connectivity index (χ3v) is 3.20. The van der Waals surface area contributed by atoms with Gasteiger partial charge in [0, 0.05) is 10.9 Å². The fourth-order valence-corrected chi connectivity index (χ4v) is 1.90. The highest BCUT2D eigenvalue weighted by molar-refractivity contribution is 9.10. The van der Waals surface area contributed by atoms with E-state index < -0.39 is 0 Å². The van der Waals surface area contributed by atoms with Crippen molar-refractivity contribution in [3.63, 3.8) is 0 Å². The molecule has 0 saturated heterocycles. The van der Waals surface area contributed by atoms with Crippen molar-refractivity contribution in [3.05, 3.63) is 27.7 Å². The first kappa shape index (κ1) is 11.0. The third-order valence-electron chi connectivity index (χ3n) is 2.37. The van der Waals surface area contributed by atoms with Gasteiger partial charge in [0.15, 0.2) is 0 Å². The van der Waals surface area contributed by atoms with E-state index in [9.17, 15) is 4.79 Å². The van der Waals surface area contributed by atoms with Gasteiger partial charge in [-0.2, -0.15) is 0 Å². The summed E-state index contributed by atoms with van der Waals surface area (Å²) < 4.78 is 0.911. The van der Waals surface area contributed by atoms with Gasteiger partial charge in [0.2, 0.25) is 5.91 Å². The Hall–Kier alpha value is -0.540. The first-order valence-corrected chi connectivity index (χ1v) is 6.07. The summed E-state index contributed by atoms with van der Waals surface area (Å²) in [5, 5.41) is 3.39. The second-order valence-corrected chi connectivity index (χ2v) is 5.14. The van der Waals surface area contributed by atoms with E-state index in [0.29, 0.717) is 23.0 Å². The van der Waals surface area contributed by atoms with E-state index in [1.165, 1.54) is 12.8 Å². The first-order chi connectivity index (χ1) is 7.15. The summed E-state index contributed by atoms with van der Waals surface area (Å²) in [6.07, 6.45) is 2.97. The van der Waals surface area contributed by atoms with E-state index in [0.717, 1.165) is 4.47 Å². The van der Waals surface area contributed by atoms with Crippen LogP contribution in [0.5, 0.6) is 0 Å². The molecule has 1 aliphatic carbocycles. The minimum atomic E-state index is 0.0532. The summed E-state index contributed by atoms with van der Waals surface area (Å²) >= 11 is 9.30. The fourth-order valence-electron chi connectivity index (χ4n) is 1.38. The zero-order valence-electron chi connectivity index (χ0n) is 8.09. The van der Waals surface area contributed by atoms with Crippen LogP contribution in [0.25, 0.3) is 0 Å². The Labute approximate surface area is 102 Å². The van der Waals surface area contributed by atoms with E-state index >= 15 is 0 Å². The molecule has 0 aromatic heterocycles. The molecule has 80 valence electrons. The number of benzene rings is 1. The molecule has 4 heteroatoms. The van der Waals surface area contributed by atoms with Gasteiger partial charge in [0.1, 0.15) is 0 Å². The Kier molecular flexibility index (Phi) is 3.32. The zero-order chi connectivity index (χ0) is 10.8. The molecule has 0 atom stereocenters. The van der Waals surface area contributed by atoms with Crippen LogP contribution in [0.3, 0.4) is 0 Å². The highest BCUT2D eigenvalue weighted by Gasteiger charge is 2.24. The summed E-state index contributed by atoms with van der Waals surface area (Å²) in [7, 11) is 0. The largest absolute Gasteiger partial charge is 0.325 e. The minimum Gasteiger partial charge on any atom is -0.325 e. The quantitative estimate of drug-likeness (QED) is 0.899. The van der Waals surface area contributed by atoms with Crippen molar-refractivity contribution in [3.8, 4) is 0 Å². The number of rotatable bonds is 3. The van der Waals surface area contributed by atoms with Crippen LogP contribution in [0.1, 0.15) is 19.3 Å². The molecule has 1 aromatic rings. The van der Waals surface area contributed by atoms with Crippen LogP contribution < -0.4 is 5.32 Å². The van der Waals surface area contributed by atoms with Crippen LogP contribution in [0.15, 0.2) is 22.7 Å². The number of hydrogen-bond donors (Lipinski definition) is 1. The second-order valence-electron chi connectivity index (χ2n) is 3.82. The van der Waals surface area contributed by atoms with Crippen molar-refractivity contribution < 1.29 is 4.79 Å². The van der Waals surface area contributed by atoms with E-state index in [4.69, 9.17) is 11.6 Å². The van der Waals surface area contributed by atoms with Gasteiger partial charge in [0.05, 0.1) is 10.7 Å². The van der Waals surface area contributed by atoms with Gasteiger partial charge >= 0.3 is 0 Å². The number of nitrogens with one attached hydrogen (secondary N) is 1. The number of anilines is 1. The molecule has 2 rings (SSSR count). The molecule has 0 unspecified atom stereocenters. The molecule has 1 aromatic carbocycles. The van der Waals surface area contributed by atoms with Crippen LogP contribution in [0.4, 0.5) is 5.69 Å². The topological polar surface area (TPSA) is 29.1 Å². The molecule has 0 bridgehead atoms. The number of carbonyl (C=O) groups is 1. The van der Waals surface area contributed by atoms with Crippen molar-refractivity contribution in [2.75, 3.05) is 5.32 Å². The molecule has 15 heavy (non-hydrogen) atoms. The lowest BCUT2D eigenvalue weighted by atomic mass is 10.2. The van der Waals surface area contributed by atoms with Crippen LogP contribution in [-0.2, 0) is 4.79 Å². The molecule has 1 amide bonds. The van der Waals surface area contributed by atoms with E-state index in [2.05, 4.69) is 21.2 Å². The van der Waals surface area contributed by atoms with E-state index in [-0.39, 0.29) is 5.91 Å². The third kappa shape index (κ3) is 3.21. The normalized spacial score (nSPS) is 15.1. The Morgan fingerprint density at radius 1 is 1.53 bits per heavy atom. The number of halogens is 2. The first-order valence-electron chi connectivity index (χ1n) is 4.90. The van der Waals surface area contributed by atoms with Gasteiger partial charge in [-0.3, -0.25) is 4.79 Å². The second kappa shape index (κ2) is 4.54. The number of carbonyl (C=O) groups excluding carboxylic acids is 1. The lowest BCUT2D eigenvalue weighted by Gasteiger charge is -2.07. The maximum absolute atomic E-state index is 11.5. The molecular weight excluding hydrogens is 277 g/mol. The van der Waals surface area contributed by atoms with Gasteiger partial charge in [-0.05, 0) is 37.0 Å². The summed E-state index contributed by atoms with van der Waals surface area (Å²) in [4.78, 5) is 11.5. The van der Waals surface area contributed by atoms with Gasteiger partial charge in [-0.15, -0.1) is 0 Å². The summed E-state index contributed by atoms with van der Waals surface area (Å²) in [6, 6.07) is 5.42. The Bertz CT molecular complexity index is 390. The molecule has 1 N–H and O–H groups in total. The van der Waals surface area contributed by atoms with Crippen LogP contribution >= 0.6 is 27.5 Å². The van der Waals surface area contributed by atoms with Crippen molar-refractivity contribution in [2.24, 2.45) is 5.92 Å². The molecule has 1 aliphatic rings. The molecule has 1 saturated carbocycles.